The summed E-state index contributed by atoms with van der Waals surface area (Å²) in [6, 6.07) is 0. The van der Waals surface area contributed by atoms with Crippen molar-refractivity contribution < 1.29 is 25.5 Å². The average Bonchev–Trinajstić information content (AvgIpc) is 2.09. The van der Waals surface area contributed by atoms with Gasteiger partial charge in [0.05, 0.1) is 12.7 Å². The van der Waals surface area contributed by atoms with Crippen LogP contribution in [0.15, 0.2) is 0 Å². The van der Waals surface area contributed by atoms with E-state index in [9.17, 15) is 10.2 Å². The molecule has 2 unspecified atom stereocenters. The molecule has 1 aliphatic heterocycles. The molecule has 6 heteroatoms. The first kappa shape index (κ1) is 10.2. The first-order valence-corrected chi connectivity index (χ1v) is 4.51. The van der Waals surface area contributed by atoms with E-state index in [1.807, 2.05) is 0 Å². The Kier molecular flexibility index (Phi) is 2.97. The van der Waals surface area contributed by atoms with Gasteiger partial charge < -0.3 is 25.5 Å². The standard InChI is InChI=1S/C6H12O5S/c7-2-6(11)5(10)4(9)3(8)1-12-6/h3-5,7-11H,1-2H2/t3-,4?,5?,6+/m0/s1. The van der Waals surface area contributed by atoms with Crippen molar-refractivity contribution in [2.45, 2.75) is 23.2 Å². The highest BCUT2D eigenvalue weighted by molar-refractivity contribution is 8.00. The summed E-state index contributed by atoms with van der Waals surface area (Å²) in [5, 5.41) is 45.5. The Labute approximate surface area is 73.7 Å². The van der Waals surface area contributed by atoms with E-state index in [0.717, 1.165) is 11.8 Å². The van der Waals surface area contributed by atoms with E-state index in [2.05, 4.69) is 0 Å². The molecule has 0 aromatic rings. The van der Waals surface area contributed by atoms with Gasteiger partial charge in [0.2, 0.25) is 0 Å². The van der Waals surface area contributed by atoms with Crippen LogP contribution in [0.5, 0.6) is 0 Å². The maximum absolute atomic E-state index is 9.43. The number of aliphatic hydroxyl groups excluding tert-OH is 4. The van der Waals surface area contributed by atoms with Crippen molar-refractivity contribution in [3.8, 4) is 0 Å². The molecule has 1 heterocycles. The van der Waals surface area contributed by atoms with Crippen LogP contribution in [-0.2, 0) is 0 Å². The molecule has 5 nitrogen and oxygen atoms in total. The van der Waals surface area contributed by atoms with Gasteiger partial charge in [-0.2, -0.15) is 0 Å². The fourth-order valence-corrected chi connectivity index (χ4v) is 2.09. The summed E-state index contributed by atoms with van der Waals surface area (Å²) in [6.07, 6.45) is -3.98. The van der Waals surface area contributed by atoms with Gasteiger partial charge in [0, 0.05) is 5.75 Å². The third-order valence-electron chi connectivity index (χ3n) is 1.91. The third-order valence-corrected chi connectivity index (χ3v) is 3.29. The molecule has 5 N–H and O–H groups in total. The predicted octanol–water partition coefficient (Wildman–Crippen LogP) is -2.50. The number of aliphatic hydroxyl groups is 5. The summed E-state index contributed by atoms with van der Waals surface area (Å²) in [5.41, 5.74) is 0. The number of hydrogen-bond acceptors (Lipinski definition) is 6. The highest BCUT2D eigenvalue weighted by Crippen LogP contribution is 2.34. The van der Waals surface area contributed by atoms with E-state index in [1.165, 1.54) is 0 Å². The number of rotatable bonds is 1. The molecular formula is C6H12O5S. The molecule has 0 spiro atoms. The van der Waals surface area contributed by atoms with E-state index in [0.29, 0.717) is 0 Å². The number of thioether (sulfide) groups is 1. The molecule has 4 atom stereocenters. The third kappa shape index (κ3) is 1.59. The van der Waals surface area contributed by atoms with Crippen LogP contribution in [-0.4, -0.2) is 61.1 Å². The minimum Gasteiger partial charge on any atom is -0.392 e. The average molecular weight is 196 g/mol. The van der Waals surface area contributed by atoms with Gasteiger partial charge in [-0.05, 0) is 0 Å². The van der Waals surface area contributed by atoms with Gasteiger partial charge in [-0.15, -0.1) is 11.8 Å². The summed E-state index contributed by atoms with van der Waals surface area (Å²) in [6.45, 7) is -0.650. The van der Waals surface area contributed by atoms with E-state index in [4.69, 9.17) is 15.3 Å². The van der Waals surface area contributed by atoms with Crippen LogP contribution < -0.4 is 0 Å². The second-order valence-electron chi connectivity index (χ2n) is 2.82. The SMILES string of the molecule is OC[C@@]1(O)SC[C@H](O)C(O)C1O. The maximum Gasteiger partial charge on any atom is 0.161 e. The molecule has 1 fully saturated rings. The smallest absolute Gasteiger partial charge is 0.161 e. The Morgan fingerprint density at radius 1 is 1.33 bits per heavy atom. The predicted molar refractivity (Wildman–Crippen MR) is 42.5 cm³/mol. The van der Waals surface area contributed by atoms with Gasteiger partial charge in [-0.1, -0.05) is 0 Å². The molecule has 0 bridgehead atoms. The van der Waals surface area contributed by atoms with Gasteiger partial charge in [-0.3, -0.25) is 0 Å². The van der Waals surface area contributed by atoms with Crippen molar-refractivity contribution in [3.05, 3.63) is 0 Å². The molecule has 0 aliphatic carbocycles. The Morgan fingerprint density at radius 3 is 2.42 bits per heavy atom. The lowest BCUT2D eigenvalue weighted by molar-refractivity contribution is -0.131. The summed E-state index contributed by atoms with van der Waals surface area (Å²) >= 11 is 0.831. The van der Waals surface area contributed by atoms with E-state index >= 15 is 0 Å². The van der Waals surface area contributed by atoms with Gasteiger partial charge in [0.15, 0.2) is 4.93 Å². The summed E-state index contributed by atoms with van der Waals surface area (Å²) in [5.74, 6) is 0.0925. The molecule has 0 radical (unpaired) electrons. The van der Waals surface area contributed by atoms with Crippen molar-refractivity contribution in [1.82, 2.24) is 0 Å². The van der Waals surface area contributed by atoms with Crippen molar-refractivity contribution in [3.63, 3.8) is 0 Å². The summed E-state index contributed by atoms with van der Waals surface area (Å²) in [7, 11) is 0. The monoisotopic (exact) mass is 196 g/mol. The van der Waals surface area contributed by atoms with Gasteiger partial charge in [0.25, 0.3) is 0 Å². The largest absolute Gasteiger partial charge is 0.392 e. The highest BCUT2D eigenvalue weighted by Gasteiger charge is 2.47. The Bertz CT molecular complexity index is 166. The second-order valence-corrected chi connectivity index (χ2v) is 4.15. The Balaban J connectivity index is 2.71. The molecule has 0 aromatic carbocycles. The van der Waals surface area contributed by atoms with Gasteiger partial charge in [0.1, 0.15) is 12.2 Å². The van der Waals surface area contributed by atoms with Crippen molar-refractivity contribution in [1.29, 1.82) is 0 Å². The Morgan fingerprint density at radius 2 is 1.92 bits per heavy atom. The summed E-state index contributed by atoms with van der Waals surface area (Å²) in [4.78, 5) is -1.75. The van der Waals surface area contributed by atoms with E-state index in [1.54, 1.807) is 0 Å². The quantitative estimate of drug-likeness (QED) is 0.318. The first-order valence-electron chi connectivity index (χ1n) is 3.52. The van der Waals surface area contributed by atoms with Crippen LogP contribution in [0.2, 0.25) is 0 Å². The van der Waals surface area contributed by atoms with Crippen molar-refractivity contribution >= 4 is 11.8 Å². The minimum absolute atomic E-state index is 0.0925. The van der Waals surface area contributed by atoms with Crippen molar-refractivity contribution in [2.24, 2.45) is 0 Å². The van der Waals surface area contributed by atoms with Gasteiger partial charge >= 0.3 is 0 Å². The fraction of sp³-hybridized carbons (Fsp3) is 1.00. The van der Waals surface area contributed by atoms with Crippen LogP contribution in [0, 0.1) is 0 Å². The zero-order valence-electron chi connectivity index (χ0n) is 6.29. The summed E-state index contributed by atoms with van der Waals surface area (Å²) < 4.78 is 0. The zero-order valence-corrected chi connectivity index (χ0v) is 7.11. The van der Waals surface area contributed by atoms with Crippen LogP contribution in [0.3, 0.4) is 0 Å². The zero-order chi connectivity index (χ0) is 9.35. The molecule has 0 aromatic heterocycles. The lowest BCUT2D eigenvalue weighted by Gasteiger charge is -2.39. The first-order chi connectivity index (χ1) is 5.51. The van der Waals surface area contributed by atoms with Gasteiger partial charge in [-0.25, -0.2) is 0 Å². The number of hydrogen-bond donors (Lipinski definition) is 5. The van der Waals surface area contributed by atoms with Crippen LogP contribution in [0.1, 0.15) is 0 Å². The molecule has 0 saturated carbocycles. The molecule has 0 amide bonds. The van der Waals surface area contributed by atoms with Crippen molar-refractivity contribution in [2.75, 3.05) is 12.4 Å². The molecule has 72 valence electrons. The molecule has 1 saturated heterocycles. The Hall–Kier alpha value is 0.150. The van der Waals surface area contributed by atoms with E-state index in [-0.39, 0.29) is 5.75 Å². The maximum atomic E-state index is 9.43. The normalized spacial score (nSPS) is 49.2. The lowest BCUT2D eigenvalue weighted by Crippen LogP contribution is -2.58. The molecule has 1 rings (SSSR count). The van der Waals surface area contributed by atoms with Crippen LogP contribution >= 0.6 is 11.8 Å². The molecule has 1 aliphatic rings. The topological polar surface area (TPSA) is 101 Å². The second kappa shape index (κ2) is 3.49. The van der Waals surface area contributed by atoms with E-state index < -0.39 is 29.9 Å². The molecule has 12 heavy (non-hydrogen) atoms. The molecular weight excluding hydrogens is 184 g/mol. The van der Waals surface area contributed by atoms with Crippen LogP contribution in [0.4, 0.5) is 0 Å². The highest BCUT2D eigenvalue weighted by atomic mass is 32.2. The lowest BCUT2D eigenvalue weighted by atomic mass is 10.0. The van der Waals surface area contributed by atoms with Crippen LogP contribution in [0.25, 0.3) is 0 Å². The fourth-order valence-electron chi connectivity index (χ4n) is 1.03. The minimum atomic E-state index is -1.75.